The third kappa shape index (κ3) is 5.29. The number of anilines is 1. The van der Waals surface area contributed by atoms with Crippen LogP contribution in [0.2, 0.25) is 5.02 Å². The highest BCUT2D eigenvalue weighted by Gasteiger charge is 2.23. The first-order valence-corrected chi connectivity index (χ1v) is 10.2. The van der Waals surface area contributed by atoms with Crippen LogP contribution in [0.3, 0.4) is 0 Å². The standard InChI is InChI=1S/C19H24ClN3O3S/c1-14(23(4)13-15-8-6-5-7-9-15)19(24)21-16-10-11-17(20)18(12-16)27(25,26)22(2)3/h5-12,14H,13H2,1-4H3,(H,21,24). The van der Waals surface area contributed by atoms with E-state index in [9.17, 15) is 13.2 Å². The van der Waals surface area contributed by atoms with Crippen LogP contribution < -0.4 is 5.32 Å². The maximum absolute atomic E-state index is 12.6. The van der Waals surface area contributed by atoms with Crippen LogP contribution in [0.5, 0.6) is 0 Å². The Balaban J connectivity index is 2.13. The Morgan fingerprint density at radius 1 is 1.11 bits per heavy atom. The summed E-state index contributed by atoms with van der Waals surface area (Å²) in [4.78, 5) is 14.4. The lowest BCUT2D eigenvalue weighted by Crippen LogP contribution is -2.39. The molecule has 1 amide bonds. The number of hydrogen-bond acceptors (Lipinski definition) is 4. The molecule has 0 aromatic heterocycles. The zero-order chi connectivity index (χ0) is 20.2. The van der Waals surface area contributed by atoms with E-state index in [0.717, 1.165) is 9.87 Å². The first-order chi connectivity index (χ1) is 12.6. The van der Waals surface area contributed by atoms with E-state index in [1.165, 1.54) is 26.2 Å². The van der Waals surface area contributed by atoms with Gasteiger partial charge in [0.25, 0.3) is 0 Å². The van der Waals surface area contributed by atoms with Crippen molar-refractivity contribution in [3.63, 3.8) is 0 Å². The molecule has 1 N–H and O–H groups in total. The van der Waals surface area contributed by atoms with Crippen molar-refractivity contribution in [2.75, 3.05) is 26.5 Å². The van der Waals surface area contributed by atoms with Crippen molar-refractivity contribution in [3.05, 3.63) is 59.1 Å². The second kappa shape index (κ2) is 8.84. The number of amides is 1. The van der Waals surface area contributed by atoms with Gasteiger partial charge in [0.15, 0.2) is 0 Å². The van der Waals surface area contributed by atoms with Crippen LogP contribution >= 0.6 is 11.6 Å². The molecule has 8 heteroatoms. The summed E-state index contributed by atoms with van der Waals surface area (Å²) in [6, 6.07) is 13.9. The van der Waals surface area contributed by atoms with Gasteiger partial charge in [-0.15, -0.1) is 0 Å². The number of nitrogens with one attached hydrogen (secondary N) is 1. The number of carbonyl (C=O) groups excluding carboxylic acids is 1. The highest BCUT2D eigenvalue weighted by atomic mass is 35.5. The van der Waals surface area contributed by atoms with E-state index in [1.807, 2.05) is 42.3 Å². The van der Waals surface area contributed by atoms with E-state index in [4.69, 9.17) is 11.6 Å². The summed E-state index contributed by atoms with van der Waals surface area (Å²) >= 11 is 6.04. The second-order valence-corrected chi connectivity index (χ2v) is 9.03. The minimum absolute atomic E-state index is 0.0442. The molecule has 0 aliphatic carbocycles. The van der Waals surface area contributed by atoms with Crippen molar-refractivity contribution in [2.45, 2.75) is 24.4 Å². The van der Waals surface area contributed by atoms with Gasteiger partial charge in [-0.25, -0.2) is 12.7 Å². The quantitative estimate of drug-likeness (QED) is 0.763. The Bertz CT molecular complexity index is 902. The minimum atomic E-state index is -3.70. The third-order valence-electron chi connectivity index (χ3n) is 4.27. The van der Waals surface area contributed by atoms with E-state index in [2.05, 4.69) is 5.32 Å². The summed E-state index contributed by atoms with van der Waals surface area (Å²) in [6.07, 6.45) is 0. The fourth-order valence-corrected chi connectivity index (χ4v) is 3.82. The van der Waals surface area contributed by atoms with Gasteiger partial charge in [0.1, 0.15) is 4.90 Å². The molecule has 1 atom stereocenters. The topological polar surface area (TPSA) is 69.7 Å². The molecule has 0 fully saturated rings. The summed E-state index contributed by atoms with van der Waals surface area (Å²) < 4.78 is 25.8. The maximum Gasteiger partial charge on any atom is 0.244 e. The average Bonchev–Trinajstić information content (AvgIpc) is 2.63. The first kappa shape index (κ1) is 21.4. The van der Waals surface area contributed by atoms with Crippen molar-refractivity contribution in [3.8, 4) is 0 Å². The highest BCUT2D eigenvalue weighted by molar-refractivity contribution is 7.89. The number of nitrogens with zero attached hydrogens (tertiary/aromatic N) is 2. The first-order valence-electron chi connectivity index (χ1n) is 8.40. The van der Waals surface area contributed by atoms with Crippen LogP contribution in [0.15, 0.2) is 53.4 Å². The lowest BCUT2D eigenvalue weighted by molar-refractivity contribution is -0.120. The van der Waals surface area contributed by atoms with E-state index >= 15 is 0 Å². The molecule has 6 nitrogen and oxygen atoms in total. The molecule has 146 valence electrons. The number of hydrogen-bond donors (Lipinski definition) is 1. The Morgan fingerprint density at radius 2 is 1.74 bits per heavy atom. The van der Waals surface area contributed by atoms with E-state index in [1.54, 1.807) is 13.0 Å². The normalized spacial score (nSPS) is 13.0. The van der Waals surface area contributed by atoms with Gasteiger partial charge in [0.05, 0.1) is 11.1 Å². The number of benzene rings is 2. The minimum Gasteiger partial charge on any atom is -0.325 e. The van der Waals surface area contributed by atoms with Crippen molar-refractivity contribution in [2.24, 2.45) is 0 Å². The summed E-state index contributed by atoms with van der Waals surface area (Å²) in [7, 11) is 1.01. The van der Waals surface area contributed by atoms with Crippen molar-refractivity contribution >= 4 is 33.2 Å². The fraction of sp³-hybridized carbons (Fsp3) is 0.316. The maximum atomic E-state index is 12.6. The van der Waals surface area contributed by atoms with Crippen LogP contribution in [0.4, 0.5) is 5.69 Å². The molecule has 0 saturated carbocycles. The highest BCUT2D eigenvalue weighted by Crippen LogP contribution is 2.27. The SMILES string of the molecule is CC(C(=O)Nc1ccc(Cl)c(S(=O)(=O)N(C)C)c1)N(C)Cc1ccccc1. The van der Waals surface area contributed by atoms with Crippen LogP contribution in [-0.2, 0) is 21.4 Å². The molecule has 27 heavy (non-hydrogen) atoms. The largest absolute Gasteiger partial charge is 0.325 e. The Morgan fingerprint density at radius 3 is 2.33 bits per heavy atom. The van der Waals surface area contributed by atoms with Gasteiger partial charge in [-0.05, 0) is 37.7 Å². The molecular weight excluding hydrogens is 386 g/mol. The van der Waals surface area contributed by atoms with E-state index in [0.29, 0.717) is 12.2 Å². The second-order valence-electron chi connectivity index (χ2n) is 6.50. The van der Waals surface area contributed by atoms with Crippen LogP contribution in [0, 0.1) is 0 Å². The molecule has 2 rings (SSSR count). The van der Waals surface area contributed by atoms with Crippen LogP contribution in [0.25, 0.3) is 0 Å². The van der Waals surface area contributed by atoms with Gasteiger partial charge in [0, 0.05) is 26.3 Å². The monoisotopic (exact) mass is 409 g/mol. The predicted octanol–water partition coefficient (Wildman–Crippen LogP) is 3.05. The van der Waals surface area contributed by atoms with Gasteiger partial charge >= 0.3 is 0 Å². The fourth-order valence-electron chi connectivity index (χ4n) is 2.43. The molecule has 0 spiro atoms. The van der Waals surface area contributed by atoms with Gasteiger partial charge in [-0.3, -0.25) is 9.69 Å². The smallest absolute Gasteiger partial charge is 0.244 e. The number of rotatable bonds is 7. The summed E-state index contributed by atoms with van der Waals surface area (Å²) in [5.41, 5.74) is 1.48. The zero-order valence-electron chi connectivity index (χ0n) is 15.8. The van der Waals surface area contributed by atoms with Crippen molar-refractivity contribution < 1.29 is 13.2 Å². The van der Waals surface area contributed by atoms with Crippen LogP contribution in [0.1, 0.15) is 12.5 Å². The molecule has 0 saturated heterocycles. The van der Waals surface area contributed by atoms with Crippen molar-refractivity contribution in [1.29, 1.82) is 0 Å². The Labute approximate surface area is 165 Å². The number of halogens is 1. The number of carbonyl (C=O) groups is 1. The van der Waals surface area contributed by atoms with Crippen molar-refractivity contribution in [1.82, 2.24) is 9.21 Å². The lowest BCUT2D eigenvalue weighted by Gasteiger charge is -2.24. The molecule has 2 aromatic rings. The molecule has 0 radical (unpaired) electrons. The lowest BCUT2D eigenvalue weighted by atomic mass is 10.2. The van der Waals surface area contributed by atoms with Gasteiger partial charge < -0.3 is 5.32 Å². The third-order valence-corrected chi connectivity index (χ3v) is 6.57. The molecule has 0 bridgehead atoms. The van der Waals surface area contributed by atoms with Gasteiger partial charge in [-0.1, -0.05) is 41.9 Å². The number of likely N-dealkylation sites (N-methyl/N-ethyl adjacent to an activating group) is 1. The summed E-state index contributed by atoms with van der Waals surface area (Å²) in [5, 5.41) is 2.87. The number of sulfonamides is 1. The molecule has 2 aromatic carbocycles. The molecule has 0 aliphatic rings. The van der Waals surface area contributed by atoms with Gasteiger partial charge in [-0.2, -0.15) is 0 Å². The summed E-state index contributed by atoms with van der Waals surface area (Å²) in [6.45, 7) is 2.42. The zero-order valence-corrected chi connectivity index (χ0v) is 17.4. The van der Waals surface area contributed by atoms with Gasteiger partial charge in [0.2, 0.25) is 15.9 Å². The Kier molecular flexibility index (Phi) is 7.00. The molecule has 0 heterocycles. The molecular formula is C19H24ClN3O3S. The molecule has 1 unspecified atom stereocenters. The van der Waals surface area contributed by atoms with E-state index < -0.39 is 16.1 Å². The van der Waals surface area contributed by atoms with Crippen LogP contribution in [-0.4, -0.2) is 50.7 Å². The van der Waals surface area contributed by atoms with E-state index in [-0.39, 0.29) is 15.8 Å². The average molecular weight is 410 g/mol. The Hall–Kier alpha value is -1.93. The predicted molar refractivity (Wildman–Crippen MR) is 108 cm³/mol. The molecule has 0 aliphatic heterocycles. The summed E-state index contributed by atoms with van der Waals surface area (Å²) in [5.74, 6) is -0.232.